The van der Waals surface area contributed by atoms with E-state index in [-0.39, 0.29) is 6.42 Å². The highest BCUT2D eigenvalue weighted by Crippen LogP contribution is 2.03. The summed E-state index contributed by atoms with van der Waals surface area (Å²) in [6.07, 6.45) is 0.618. The fraction of sp³-hybridized carbons (Fsp3) is 0.222. The molecule has 1 aromatic carbocycles. The van der Waals surface area contributed by atoms with Gasteiger partial charge in [0.25, 0.3) is 0 Å². The molecule has 4 nitrogen and oxygen atoms in total. The molecule has 0 aliphatic heterocycles. The largest absolute Gasteiger partial charge is 0.360 e. The van der Waals surface area contributed by atoms with Crippen molar-refractivity contribution in [2.45, 2.75) is 12.8 Å². The van der Waals surface area contributed by atoms with E-state index >= 15 is 0 Å². The summed E-state index contributed by atoms with van der Waals surface area (Å²) in [5.41, 5.74) is 0.994. The zero-order chi connectivity index (χ0) is 10.4. The molecule has 76 valence electrons. The molecular weight excluding hydrogens is 204 g/mol. The first kappa shape index (κ1) is 10.9. The molecule has 0 bridgehead atoms. The van der Waals surface area contributed by atoms with Gasteiger partial charge in [0.1, 0.15) is 0 Å². The lowest BCUT2D eigenvalue weighted by Crippen LogP contribution is -2.07. The van der Waals surface area contributed by atoms with Gasteiger partial charge in [-0.2, -0.15) is 4.21 Å². The summed E-state index contributed by atoms with van der Waals surface area (Å²) >= 11 is -2.50. The Morgan fingerprint density at radius 3 is 2.57 bits per heavy atom. The molecule has 0 fully saturated rings. The SMILES string of the molecule is O=C(CCc1ccccc1)OS(=O)O. The van der Waals surface area contributed by atoms with Gasteiger partial charge >= 0.3 is 17.3 Å². The molecule has 0 heterocycles. The smallest absolute Gasteiger partial charge is 0.343 e. The monoisotopic (exact) mass is 214 g/mol. The van der Waals surface area contributed by atoms with Crippen LogP contribution in [0.5, 0.6) is 0 Å². The van der Waals surface area contributed by atoms with Crippen molar-refractivity contribution >= 4 is 17.3 Å². The number of carbonyl (C=O) groups is 1. The average Bonchev–Trinajstić information content (AvgIpc) is 2.15. The Labute approximate surface area is 84.4 Å². The number of rotatable bonds is 4. The molecule has 0 amide bonds. The summed E-state index contributed by atoms with van der Waals surface area (Å²) < 4.78 is 22.4. The molecule has 0 saturated carbocycles. The quantitative estimate of drug-likeness (QED) is 0.767. The number of hydrogen-bond donors (Lipinski definition) is 1. The minimum absolute atomic E-state index is 0.107. The van der Waals surface area contributed by atoms with Crippen molar-refractivity contribution in [1.82, 2.24) is 0 Å². The van der Waals surface area contributed by atoms with Crippen molar-refractivity contribution in [2.75, 3.05) is 0 Å². The fourth-order valence-corrected chi connectivity index (χ4v) is 1.25. The number of hydrogen-bond acceptors (Lipinski definition) is 3. The van der Waals surface area contributed by atoms with Gasteiger partial charge in [-0.3, -0.25) is 9.35 Å². The molecule has 1 unspecified atom stereocenters. The van der Waals surface area contributed by atoms with Crippen molar-refractivity contribution in [3.05, 3.63) is 35.9 Å². The van der Waals surface area contributed by atoms with Gasteiger partial charge in [0.15, 0.2) is 0 Å². The molecule has 0 saturated heterocycles. The van der Waals surface area contributed by atoms with Crippen molar-refractivity contribution in [3.8, 4) is 0 Å². The second-order valence-corrected chi connectivity index (χ2v) is 3.26. The van der Waals surface area contributed by atoms with Crippen LogP contribution in [0.15, 0.2) is 30.3 Å². The highest BCUT2D eigenvalue weighted by atomic mass is 32.2. The summed E-state index contributed by atoms with van der Waals surface area (Å²) in [5, 5.41) is 0. The maximum Gasteiger partial charge on any atom is 0.360 e. The Morgan fingerprint density at radius 1 is 1.36 bits per heavy atom. The minimum Gasteiger partial charge on any atom is -0.343 e. The Kier molecular flexibility index (Phi) is 4.28. The molecule has 1 aromatic rings. The predicted molar refractivity (Wildman–Crippen MR) is 51.6 cm³/mol. The topological polar surface area (TPSA) is 63.6 Å². The molecule has 1 atom stereocenters. The Morgan fingerprint density at radius 2 is 2.00 bits per heavy atom. The molecular formula is C9H10O4S. The predicted octanol–water partition coefficient (Wildman–Crippen LogP) is 1.30. The highest BCUT2D eigenvalue weighted by molar-refractivity contribution is 7.74. The first-order valence-corrected chi connectivity index (χ1v) is 5.07. The van der Waals surface area contributed by atoms with E-state index in [0.29, 0.717) is 6.42 Å². The van der Waals surface area contributed by atoms with E-state index in [1.807, 2.05) is 30.3 Å². The molecule has 0 aliphatic rings. The van der Waals surface area contributed by atoms with Crippen LogP contribution in [0.25, 0.3) is 0 Å². The molecule has 14 heavy (non-hydrogen) atoms. The van der Waals surface area contributed by atoms with Crippen molar-refractivity contribution in [3.63, 3.8) is 0 Å². The molecule has 5 heteroatoms. The zero-order valence-electron chi connectivity index (χ0n) is 7.38. The highest BCUT2D eigenvalue weighted by Gasteiger charge is 2.06. The van der Waals surface area contributed by atoms with E-state index in [9.17, 15) is 9.00 Å². The van der Waals surface area contributed by atoms with Crippen LogP contribution in [-0.4, -0.2) is 14.7 Å². The van der Waals surface area contributed by atoms with E-state index in [2.05, 4.69) is 4.18 Å². The second kappa shape index (κ2) is 5.51. The van der Waals surface area contributed by atoms with Gasteiger partial charge in [0.2, 0.25) is 0 Å². The van der Waals surface area contributed by atoms with Crippen LogP contribution in [0.1, 0.15) is 12.0 Å². The van der Waals surface area contributed by atoms with Crippen molar-refractivity contribution < 1.29 is 17.7 Å². The van der Waals surface area contributed by atoms with Crippen LogP contribution in [0, 0.1) is 0 Å². The number of benzene rings is 1. The average molecular weight is 214 g/mol. The Hall–Kier alpha value is -1.20. The number of carbonyl (C=O) groups excluding carboxylic acids is 1. The maximum atomic E-state index is 10.9. The molecule has 1 N–H and O–H groups in total. The molecule has 0 aromatic heterocycles. The molecule has 0 aliphatic carbocycles. The standard InChI is InChI=1S/C9H10O4S/c10-9(13-14(11)12)7-6-8-4-2-1-3-5-8/h1-5H,6-7H2,(H,11,12). The first-order chi connectivity index (χ1) is 6.68. The summed E-state index contributed by atoms with van der Waals surface area (Å²) in [4.78, 5) is 10.9. The van der Waals surface area contributed by atoms with Gasteiger partial charge in [-0.1, -0.05) is 30.3 Å². The lowest BCUT2D eigenvalue weighted by atomic mass is 10.1. The third-order valence-electron chi connectivity index (χ3n) is 1.62. The van der Waals surface area contributed by atoms with Crippen LogP contribution in [0.3, 0.4) is 0 Å². The van der Waals surface area contributed by atoms with Crippen LogP contribution < -0.4 is 0 Å². The zero-order valence-corrected chi connectivity index (χ0v) is 8.20. The van der Waals surface area contributed by atoms with Gasteiger partial charge in [-0.05, 0) is 12.0 Å². The van der Waals surface area contributed by atoms with Crippen LogP contribution in [0.4, 0.5) is 0 Å². The lowest BCUT2D eigenvalue weighted by molar-refractivity contribution is -0.133. The second-order valence-electron chi connectivity index (χ2n) is 2.66. The summed E-state index contributed by atoms with van der Waals surface area (Å²) in [7, 11) is 0. The van der Waals surface area contributed by atoms with Gasteiger partial charge in [-0.15, -0.1) is 0 Å². The molecule has 0 spiro atoms. The van der Waals surface area contributed by atoms with Gasteiger partial charge < -0.3 is 4.18 Å². The van der Waals surface area contributed by atoms with Crippen molar-refractivity contribution in [2.24, 2.45) is 0 Å². The van der Waals surface area contributed by atoms with Gasteiger partial charge in [0.05, 0.1) is 6.42 Å². The van der Waals surface area contributed by atoms with E-state index in [1.165, 1.54) is 0 Å². The lowest BCUT2D eigenvalue weighted by Gasteiger charge is -1.99. The Balaban J connectivity index is 2.34. The minimum atomic E-state index is -2.50. The van der Waals surface area contributed by atoms with E-state index in [1.54, 1.807) is 0 Å². The Bertz CT molecular complexity index is 323. The summed E-state index contributed by atoms with van der Waals surface area (Å²) in [6.45, 7) is 0. The first-order valence-electron chi connectivity index (χ1n) is 4.04. The van der Waals surface area contributed by atoms with Crippen LogP contribution >= 0.6 is 0 Å². The summed E-state index contributed by atoms with van der Waals surface area (Å²) in [5.74, 6) is -0.672. The fourth-order valence-electron chi connectivity index (χ4n) is 1.01. The third-order valence-corrected chi connectivity index (χ3v) is 1.95. The van der Waals surface area contributed by atoms with E-state index < -0.39 is 17.3 Å². The normalized spacial score (nSPS) is 12.1. The van der Waals surface area contributed by atoms with Crippen LogP contribution in [-0.2, 0) is 26.8 Å². The molecule has 1 rings (SSSR count). The van der Waals surface area contributed by atoms with Gasteiger partial charge in [0, 0.05) is 0 Å². The van der Waals surface area contributed by atoms with E-state index in [0.717, 1.165) is 5.56 Å². The summed E-state index contributed by atoms with van der Waals surface area (Å²) in [6, 6.07) is 9.37. The number of aryl methyl sites for hydroxylation is 1. The third kappa shape index (κ3) is 4.15. The molecule has 0 radical (unpaired) electrons. The maximum absolute atomic E-state index is 10.9. The van der Waals surface area contributed by atoms with Crippen molar-refractivity contribution in [1.29, 1.82) is 0 Å². The van der Waals surface area contributed by atoms with E-state index in [4.69, 9.17) is 4.55 Å². The van der Waals surface area contributed by atoms with Crippen LogP contribution in [0.2, 0.25) is 0 Å². The van der Waals surface area contributed by atoms with Gasteiger partial charge in [-0.25, -0.2) is 0 Å².